The van der Waals surface area contributed by atoms with Crippen molar-refractivity contribution < 1.29 is 0 Å². The first kappa shape index (κ1) is 12.8. The van der Waals surface area contributed by atoms with Crippen molar-refractivity contribution in [3.05, 3.63) is 71.8 Å². The van der Waals surface area contributed by atoms with Gasteiger partial charge in [-0.2, -0.15) is 12.6 Å². The quantitative estimate of drug-likeness (QED) is 0.762. The van der Waals surface area contributed by atoms with Crippen LogP contribution in [0, 0.1) is 0 Å². The molecule has 1 nitrogen and oxygen atoms in total. The summed E-state index contributed by atoms with van der Waals surface area (Å²) in [6.45, 7) is 0. The van der Waals surface area contributed by atoms with E-state index in [2.05, 4.69) is 36.9 Å². The lowest BCUT2D eigenvalue weighted by Gasteiger charge is -2.11. The first-order chi connectivity index (χ1) is 7.88. The summed E-state index contributed by atoms with van der Waals surface area (Å²) in [7, 11) is 0. The van der Waals surface area contributed by atoms with Gasteiger partial charge in [-0.15, -0.1) is 0 Å². The summed E-state index contributed by atoms with van der Waals surface area (Å²) in [6, 6.07) is 20.2. The van der Waals surface area contributed by atoms with Crippen LogP contribution in [0.1, 0.15) is 17.2 Å². The average molecular weight is 231 g/mol. The Morgan fingerprint density at radius 3 is 1.38 bits per heavy atom. The molecule has 0 aromatic heterocycles. The van der Waals surface area contributed by atoms with Crippen LogP contribution in [0.3, 0.4) is 0 Å². The van der Waals surface area contributed by atoms with E-state index in [9.17, 15) is 0 Å². The van der Waals surface area contributed by atoms with E-state index < -0.39 is 0 Å². The molecule has 0 saturated heterocycles. The smallest absolute Gasteiger partial charge is 0.0551 e. The van der Waals surface area contributed by atoms with Crippen molar-refractivity contribution in [1.29, 1.82) is 0 Å². The molecule has 0 saturated carbocycles. The van der Waals surface area contributed by atoms with Crippen molar-refractivity contribution in [2.75, 3.05) is 6.26 Å². The average Bonchev–Trinajstić information content (AvgIpc) is 2.42. The van der Waals surface area contributed by atoms with Gasteiger partial charge in [0.25, 0.3) is 0 Å². The van der Waals surface area contributed by atoms with Crippen LogP contribution in [0.4, 0.5) is 0 Å². The molecule has 2 aromatic carbocycles. The highest BCUT2D eigenvalue weighted by atomic mass is 32.1. The molecule has 0 amide bonds. The summed E-state index contributed by atoms with van der Waals surface area (Å²) < 4.78 is 0. The zero-order chi connectivity index (χ0) is 11.8. The third-order valence-electron chi connectivity index (χ3n) is 2.32. The summed E-state index contributed by atoms with van der Waals surface area (Å²) in [5.41, 5.74) is 8.42. The number of nitrogens with two attached hydrogens (primary N) is 1. The third kappa shape index (κ3) is 3.40. The maximum absolute atomic E-state index is 6.12. The van der Waals surface area contributed by atoms with Crippen molar-refractivity contribution in [2.45, 2.75) is 6.04 Å². The van der Waals surface area contributed by atoms with Gasteiger partial charge >= 0.3 is 0 Å². The standard InChI is InChI=1S/C13H13N.CH4S/c14-13(11-7-3-1-4-8-11)12-9-5-2-6-10-12;1-2/h1-10,13H,14H2;2H,1H3. The molecule has 2 N–H and O–H groups in total. The van der Waals surface area contributed by atoms with Crippen molar-refractivity contribution >= 4 is 12.6 Å². The Bertz CT molecular complexity index is 346. The van der Waals surface area contributed by atoms with Crippen LogP contribution in [0.2, 0.25) is 0 Å². The Kier molecular flexibility index (Phi) is 5.68. The molecule has 0 aliphatic carbocycles. The van der Waals surface area contributed by atoms with E-state index in [0.29, 0.717) is 0 Å². The molecular formula is C14H17NS. The fourth-order valence-electron chi connectivity index (χ4n) is 1.51. The van der Waals surface area contributed by atoms with Gasteiger partial charge in [-0.25, -0.2) is 0 Å². The van der Waals surface area contributed by atoms with Crippen LogP contribution in [-0.2, 0) is 0 Å². The third-order valence-corrected chi connectivity index (χ3v) is 2.32. The predicted octanol–water partition coefficient (Wildman–Crippen LogP) is 3.28. The van der Waals surface area contributed by atoms with Crippen LogP contribution in [0.25, 0.3) is 0 Å². The summed E-state index contributed by atoms with van der Waals surface area (Å²) >= 11 is 3.53. The highest BCUT2D eigenvalue weighted by Crippen LogP contribution is 2.18. The molecule has 0 bridgehead atoms. The molecule has 0 spiro atoms. The second kappa shape index (κ2) is 7.09. The van der Waals surface area contributed by atoms with Gasteiger partial charge in [-0.3, -0.25) is 0 Å². The topological polar surface area (TPSA) is 26.0 Å². The number of thiol groups is 1. The van der Waals surface area contributed by atoms with Gasteiger partial charge in [-0.05, 0) is 17.4 Å². The molecule has 2 rings (SSSR count). The summed E-state index contributed by atoms with van der Waals surface area (Å²) in [5, 5.41) is 0. The number of benzene rings is 2. The maximum Gasteiger partial charge on any atom is 0.0551 e. The molecule has 0 unspecified atom stereocenters. The van der Waals surface area contributed by atoms with E-state index in [1.54, 1.807) is 6.26 Å². The van der Waals surface area contributed by atoms with Crippen LogP contribution < -0.4 is 5.73 Å². The highest BCUT2D eigenvalue weighted by Gasteiger charge is 2.06. The van der Waals surface area contributed by atoms with Crippen molar-refractivity contribution in [3.63, 3.8) is 0 Å². The Morgan fingerprint density at radius 1 is 0.750 bits per heavy atom. The van der Waals surface area contributed by atoms with Gasteiger partial charge in [0.05, 0.1) is 6.04 Å². The van der Waals surface area contributed by atoms with E-state index in [-0.39, 0.29) is 6.04 Å². The van der Waals surface area contributed by atoms with Crippen LogP contribution in [-0.4, -0.2) is 6.26 Å². The zero-order valence-corrected chi connectivity index (χ0v) is 10.3. The molecule has 0 aliphatic heterocycles. The highest BCUT2D eigenvalue weighted by molar-refractivity contribution is 7.79. The second-order valence-corrected chi connectivity index (χ2v) is 3.30. The lowest BCUT2D eigenvalue weighted by Crippen LogP contribution is -2.11. The van der Waals surface area contributed by atoms with Gasteiger partial charge in [0.1, 0.15) is 0 Å². The van der Waals surface area contributed by atoms with Crippen LogP contribution in [0.5, 0.6) is 0 Å². The van der Waals surface area contributed by atoms with Crippen molar-refractivity contribution in [3.8, 4) is 0 Å². The predicted molar refractivity (Wildman–Crippen MR) is 73.8 cm³/mol. The number of hydrogen-bond donors (Lipinski definition) is 2. The first-order valence-corrected chi connectivity index (χ1v) is 6.07. The minimum absolute atomic E-state index is 0.0163. The summed E-state index contributed by atoms with van der Waals surface area (Å²) in [4.78, 5) is 0. The van der Waals surface area contributed by atoms with E-state index in [0.717, 1.165) is 11.1 Å². The van der Waals surface area contributed by atoms with Crippen molar-refractivity contribution in [1.82, 2.24) is 0 Å². The van der Waals surface area contributed by atoms with Crippen LogP contribution in [0.15, 0.2) is 60.7 Å². The Morgan fingerprint density at radius 2 is 1.06 bits per heavy atom. The molecule has 0 heterocycles. The lowest BCUT2D eigenvalue weighted by molar-refractivity contribution is 0.871. The zero-order valence-electron chi connectivity index (χ0n) is 9.38. The van der Waals surface area contributed by atoms with E-state index in [4.69, 9.17) is 5.73 Å². The van der Waals surface area contributed by atoms with E-state index in [1.807, 2.05) is 36.4 Å². The molecule has 16 heavy (non-hydrogen) atoms. The van der Waals surface area contributed by atoms with Gasteiger partial charge in [0.15, 0.2) is 0 Å². The minimum Gasteiger partial charge on any atom is -0.320 e. The largest absolute Gasteiger partial charge is 0.320 e. The lowest BCUT2D eigenvalue weighted by atomic mass is 10.00. The molecule has 0 aliphatic rings. The van der Waals surface area contributed by atoms with E-state index in [1.165, 1.54) is 0 Å². The number of rotatable bonds is 2. The Hall–Kier alpha value is -1.25. The van der Waals surface area contributed by atoms with Gasteiger partial charge in [-0.1, -0.05) is 60.7 Å². The summed E-state index contributed by atoms with van der Waals surface area (Å²) in [6.07, 6.45) is 1.69. The molecule has 2 aromatic rings. The maximum atomic E-state index is 6.12. The Balaban J connectivity index is 0.000000606. The number of hydrogen-bond acceptors (Lipinski definition) is 2. The monoisotopic (exact) mass is 231 g/mol. The first-order valence-electron chi connectivity index (χ1n) is 5.18. The van der Waals surface area contributed by atoms with Gasteiger partial charge in [0, 0.05) is 0 Å². The van der Waals surface area contributed by atoms with E-state index >= 15 is 0 Å². The SMILES string of the molecule is CS.NC(c1ccccc1)c1ccccc1. The fraction of sp³-hybridized carbons (Fsp3) is 0.143. The molecule has 2 heteroatoms. The molecule has 0 atom stereocenters. The molecule has 0 radical (unpaired) electrons. The molecular weight excluding hydrogens is 214 g/mol. The fourth-order valence-corrected chi connectivity index (χ4v) is 1.51. The Labute approximate surface area is 103 Å². The van der Waals surface area contributed by atoms with Crippen molar-refractivity contribution in [2.24, 2.45) is 5.73 Å². The minimum atomic E-state index is -0.0163. The normalized spacial score (nSPS) is 9.50. The van der Waals surface area contributed by atoms with Crippen LogP contribution >= 0.6 is 12.6 Å². The van der Waals surface area contributed by atoms with Gasteiger partial charge in [0.2, 0.25) is 0 Å². The molecule has 84 valence electrons. The molecule has 0 fully saturated rings. The summed E-state index contributed by atoms with van der Waals surface area (Å²) in [5.74, 6) is 0. The van der Waals surface area contributed by atoms with Gasteiger partial charge < -0.3 is 5.73 Å². The second-order valence-electron chi connectivity index (χ2n) is 3.30.